The molecule has 94 valence electrons. The van der Waals surface area contributed by atoms with Gasteiger partial charge in [0.2, 0.25) is 0 Å². The molecule has 0 aliphatic heterocycles. The number of nitrogens with one attached hydrogen (secondary N) is 2. The molecule has 0 aromatic carbocycles. The fourth-order valence-electron chi connectivity index (χ4n) is 0.989. The molecule has 0 aliphatic carbocycles. The average molecular weight is 265 g/mol. The Morgan fingerprint density at radius 1 is 1.61 bits per heavy atom. The second kappa shape index (κ2) is 7.09. The summed E-state index contributed by atoms with van der Waals surface area (Å²) in [4.78, 5) is 23.2. The number of nitrogens with zero attached hydrogens (tertiary/aromatic N) is 1. The summed E-state index contributed by atoms with van der Waals surface area (Å²) in [5, 5.41) is 10.5. The van der Waals surface area contributed by atoms with Gasteiger partial charge in [-0.15, -0.1) is 11.3 Å². The summed E-state index contributed by atoms with van der Waals surface area (Å²) >= 11 is 1.28. The highest BCUT2D eigenvalue weighted by molar-refractivity contribution is 7.12. The number of nitriles is 1. The molecule has 1 aromatic rings. The van der Waals surface area contributed by atoms with Crippen LogP contribution in [0, 0.1) is 11.3 Å². The molecular formula is C11H11N3O3S. The van der Waals surface area contributed by atoms with E-state index in [1.54, 1.807) is 30.5 Å². The minimum Gasteiger partial charge on any atom is -0.462 e. The van der Waals surface area contributed by atoms with Crippen LogP contribution < -0.4 is 10.9 Å². The van der Waals surface area contributed by atoms with Gasteiger partial charge >= 0.3 is 5.97 Å². The van der Waals surface area contributed by atoms with E-state index in [1.165, 1.54) is 11.3 Å². The van der Waals surface area contributed by atoms with Crippen LogP contribution in [0.2, 0.25) is 0 Å². The van der Waals surface area contributed by atoms with Gasteiger partial charge in [-0.3, -0.25) is 10.2 Å². The van der Waals surface area contributed by atoms with Crippen molar-refractivity contribution in [2.45, 2.75) is 6.92 Å². The predicted molar refractivity (Wildman–Crippen MR) is 65.2 cm³/mol. The van der Waals surface area contributed by atoms with Crippen LogP contribution in [0.5, 0.6) is 0 Å². The minimum atomic E-state index is -0.738. The van der Waals surface area contributed by atoms with E-state index in [-0.39, 0.29) is 18.1 Å². The Kier molecular flexibility index (Phi) is 5.41. The van der Waals surface area contributed by atoms with Crippen LogP contribution in [0.1, 0.15) is 16.6 Å². The monoisotopic (exact) mass is 265 g/mol. The molecule has 1 rings (SSSR count). The van der Waals surface area contributed by atoms with Gasteiger partial charge in [0.25, 0.3) is 5.91 Å². The van der Waals surface area contributed by atoms with Crippen molar-refractivity contribution in [3.05, 3.63) is 34.2 Å². The van der Waals surface area contributed by atoms with E-state index in [4.69, 9.17) is 5.26 Å². The lowest BCUT2D eigenvalue weighted by atomic mass is 10.3. The van der Waals surface area contributed by atoms with Gasteiger partial charge in [-0.25, -0.2) is 4.79 Å². The first-order chi connectivity index (χ1) is 8.69. The standard InChI is InChI=1S/C11H11N3O3S/c1-2-17-11(16)8(6-12)7-13-14-10(15)9-4-3-5-18-9/h3-5,7,13H,2H2,1H3,(H,14,15)/b8-7+. The first-order valence-corrected chi connectivity index (χ1v) is 5.93. The fraction of sp³-hybridized carbons (Fsp3) is 0.182. The van der Waals surface area contributed by atoms with Crippen molar-refractivity contribution in [1.82, 2.24) is 10.9 Å². The summed E-state index contributed by atoms with van der Waals surface area (Å²) in [6.07, 6.45) is 1.09. The van der Waals surface area contributed by atoms with Crippen molar-refractivity contribution in [2.24, 2.45) is 0 Å². The van der Waals surface area contributed by atoms with Gasteiger partial charge in [0.15, 0.2) is 5.57 Å². The first kappa shape index (κ1) is 13.7. The Bertz CT molecular complexity index is 488. The SMILES string of the molecule is CCOC(=O)/C(C#N)=C/NNC(=O)c1cccs1. The van der Waals surface area contributed by atoms with E-state index >= 15 is 0 Å². The van der Waals surface area contributed by atoms with Crippen LogP contribution in [0.25, 0.3) is 0 Å². The highest BCUT2D eigenvalue weighted by Gasteiger charge is 2.09. The third-order valence-electron chi connectivity index (χ3n) is 1.76. The molecule has 2 N–H and O–H groups in total. The highest BCUT2D eigenvalue weighted by Crippen LogP contribution is 2.07. The molecule has 0 saturated carbocycles. The van der Waals surface area contributed by atoms with E-state index in [9.17, 15) is 9.59 Å². The molecule has 0 atom stereocenters. The van der Waals surface area contributed by atoms with Crippen molar-refractivity contribution in [3.8, 4) is 6.07 Å². The van der Waals surface area contributed by atoms with Crippen molar-refractivity contribution in [2.75, 3.05) is 6.61 Å². The van der Waals surface area contributed by atoms with Gasteiger partial charge in [-0.1, -0.05) is 6.07 Å². The minimum absolute atomic E-state index is 0.180. The first-order valence-electron chi connectivity index (χ1n) is 5.05. The number of carbonyl (C=O) groups is 2. The molecule has 0 unspecified atom stereocenters. The third kappa shape index (κ3) is 3.92. The van der Waals surface area contributed by atoms with Crippen molar-refractivity contribution in [1.29, 1.82) is 5.26 Å². The Morgan fingerprint density at radius 2 is 2.39 bits per heavy atom. The summed E-state index contributed by atoms with van der Waals surface area (Å²) in [5.41, 5.74) is 4.50. The lowest BCUT2D eigenvalue weighted by Gasteiger charge is -2.03. The summed E-state index contributed by atoms with van der Waals surface area (Å²) in [7, 11) is 0. The predicted octanol–water partition coefficient (Wildman–Crippen LogP) is 0.953. The molecule has 7 heteroatoms. The lowest BCUT2D eigenvalue weighted by molar-refractivity contribution is -0.138. The van der Waals surface area contributed by atoms with Gasteiger partial charge in [0, 0.05) is 6.20 Å². The average Bonchev–Trinajstić information content (AvgIpc) is 2.88. The number of hydrazine groups is 1. The molecule has 0 bridgehead atoms. The highest BCUT2D eigenvalue weighted by atomic mass is 32.1. The normalized spacial score (nSPS) is 10.3. The van der Waals surface area contributed by atoms with E-state index in [2.05, 4.69) is 15.6 Å². The molecule has 0 saturated heterocycles. The van der Waals surface area contributed by atoms with E-state index in [1.807, 2.05) is 0 Å². The molecule has 1 heterocycles. The Balaban J connectivity index is 2.51. The second-order valence-corrected chi connectivity index (χ2v) is 3.91. The molecule has 1 amide bonds. The maximum Gasteiger partial charge on any atom is 0.350 e. The Morgan fingerprint density at radius 3 is 2.94 bits per heavy atom. The van der Waals surface area contributed by atoms with Crippen LogP contribution in [0.3, 0.4) is 0 Å². The number of esters is 1. The van der Waals surface area contributed by atoms with Gasteiger partial charge in [0.05, 0.1) is 11.5 Å². The maximum atomic E-state index is 11.5. The Hall–Kier alpha value is -2.33. The number of thiophene rings is 1. The van der Waals surface area contributed by atoms with Gasteiger partial charge in [-0.05, 0) is 18.4 Å². The van der Waals surface area contributed by atoms with Crippen molar-refractivity contribution in [3.63, 3.8) is 0 Å². The maximum absolute atomic E-state index is 11.5. The molecule has 0 radical (unpaired) electrons. The fourth-order valence-corrected chi connectivity index (χ4v) is 1.61. The van der Waals surface area contributed by atoms with Crippen LogP contribution in [-0.2, 0) is 9.53 Å². The number of amides is 1. The quantitative estimate of drug-likeness (QED) is 0.358. The lowest BCUT2D eigenvalue weighted by Crippen LogP contribution is -2.33. The molecule has 0 aliphatic rings. The number of rotatable bonds is 5. The van der Waals surface area contributed by atoms with E-state index < -0.39 is 5.97 Å². The van der Waals surface area contributed by atoms with Crippen molar-refractivity contribution < 1.29 is 14.3 Å². The molecular weight excluding hydrogens is 254 g/mol. The Labute approximate surface area is 108 Å². The largest absolute Gasteiger partial charge is 0.462 e. The molecule has 6 nitrogen and oxygen atoms in total. The zero-order valence-corrected chi connectivity index (χ0v) is 10.4. The zero-order chi connectivity index (χ0) is 13.4. The number of hydrogen-bond acceptors (Lipinski definition) is 6. The topological polar surface area (TPSA) is 91.2 Å². The summed E-state index contributed by atoms with van der Waals surface area (Å²) in [6.45, 7) is 1.82. The third-order valence-corrected chi connectivity index (χ3v) is 2.63. The van der Waals surface area contributed by atoms with Crippen LogP contribution >= 0.6 is 11.3 Å². The molecule has 0 fully saturated rings. The number of ether oxygens (including phenoxy) is 1. The van der Waals surface area contributed by atoms with Gasteiger partial charge in [0.1, 0.15) is 6.07 Å². The summed E-state index contributed by atoms with van der Waals surface area (Å²) in [5.74, 6) is -1.08. The zero-order valence-electron chi connectivity index (χ0n) is 9.60. The summed E-state index contributed by atoms with van der Waals surface area (Å²) in [6, 6.07) is 5.07. The van der Waals surface area contributed by atoms with Crippen LogP contribution in [0.15, 0.2) is 29.3 Å². The second-order valence-electron chi connectivity index (χ2n) is 2.97. The molecule has 0 spiro atoms. The van der Waals surface area contributed by atoms with Crippen LogP contribution in [0.4, 0.5) is 0 Å². The molecule has 1 aromatic heterocycles. The van der Waals surface area contributed by atoms with Gasteiger partial charge in [-0.2, -0.15) is 5.26 Å². The van der Waals surface area contributed by atoms with Crippen LogP contribution in [-0.4, -0.2) is 18.5 Å². The number of carbonyl (C=O) groups excluding carboxylic acids is 2. The smallest absolute Gasteiger partial charge is 0.350 e. The van der Waals surface area contributed by atoms with Gasteiger partial charge < -0.3 is 10.2 Å². The number of hydrogen-bond donors (Lipinski definition) is 2. The molecule has 18 heavy (non-hydrogen) atoms. The summed E-state index contributed by atoms with van der Waals surface area (Å²) < 4.78 is 4.64. The van der Waals surface area contributed by atoms with Crippen molar-refractivity contribution >= 4 is 23.2 Å². The van der Waals surface area contributed by atoms with E-state index in [0.29, 0.717) is 4.88 Å². The van der Waals surface area contributed by atoms with E-state index in [0.717, 1.165) is 6.20 Å².